The first kappa shape index (κ1) is 14.9. The van der Waals surface area contributed by atoms with E-state index >= 15 is 0 Å². The van der Waals surface area contributed by atoms with Gasteiger partial charge in [-0.15, -0.1) is 11.3 Å². The molecule has 1 aromatic heterocycles. The summed E-state index contributed by atoms with van der Waals surface area (Å²) in [5.74, 6) is 0. The summed E-state index contributed by atoms with van der Waals surface area (Å²) in [7, 11) is -4.09. The second-order valence-electron chi connectivity index (χ2n) is 4.65. The van der Waals surface area contributed by atoms with Crippen LogP contribution < -0.4 is 5.32 Å². The van der Waals surface area contributed by atoms with Gasteiger partial charge >= 0.3 is 0 Å². The molecule has 1 N–H and O–H groups in total. The van der Waals surface area contributed by atoms with Gasteiger partial charge in [0.05, 0.1) is 16.8 Å². The van der Waals surface area contributed by atoms with Crippen LogP contribution in [0.2, 0.25) is 0 Å². The third kappa shape index (κ3) is 2.95. The van der Waals surface area contributed by atoms with E-state index in [1.165, 1.54) is 0 Å². The minimum atomic E-state index is -4.09. The Kier molecular flexibility index (Phi) is 4.08. The molecule has 0 aliphatic carbocycles. The van der Waals surface area contributed by atoms with Crippen molar-refractivity contribution in [3.63, 3.8) is 0 Å². The number of aromatic nitrogens is 1. The first-order chi connectivity index (χ1) is 10.6. The fourth-order valence-corrected chi connectivity index (χ4v) is 4.44. The number of nitrogens with one attached hydrogen (secondary N) is 1. The fraction of sp³-hybridized carbons (Fsp3) is 0.133. The van der Waals surface area contributed by atoms with Gasteiger partial charge in [-0.3, -0.25) is 0 Å². The molecule has 0 saturated carbocycles. The molecule has 0 saturated heterocycles. The van der Waals surface area contributed by atoms with Crippen LogP contribution in [-0.2, 0) is 9.84 Å². The molecule has 1 heterocycles. The zero-order valence-corrected chi connectivity index (χ0v) is 13.1. The number of halogens is 1. The summed E-state index contributed by atoms with van der Waals surface area (Å²) in [5, 5.41) is 2.78. The van der Waals surface area contributed by atoms with E-state index in [-0.39, 0.29) is 10.9 Å². The first-order valence-electron chi connectivity index (χ1n) is 6.60. The Morgan fingerprint density at radius 2 is 1.77 bits per heavy atom. The number of nitrogens with zero attached hydrogens (tertiary/aromatic N) is 1. The predicted octanol–water partition coefficient (Wildman–Crippen LogP) is 3.48. The number of para-hydroxylation sites is 2. The predicted molar refractivity (Wildman–Crippen MR) is 86.6 cm³/mol. The van der Waals surface area contributed by atoms with E-state index in [1.807, 2.05) is 6.07 Å². The maximum absolute atomic E-state index is 14.2. The molecular weight excluding hydrogens is 323 g/mol. The van der Waals surface area contributed by atoms with Crippen molar-refractivity contribution in [1.82, 2.24) is 4.98 Å². The molecule has 0 fully saturated rings. The van der Waals surface area contributed by atoms with Gasteiger partial charge in [-0.25, -0.2) is 17.8 Å². The summed E-state index contributed by atoms with van der Waals surface area (Å²) < 4.78 is 39.3. The average molecular weight is 336 g/mol. The minimum Gasteiger partial charge on any atom is -0.381 e. The van der Waals surface area contributed by atoms with Gasteiger partial charge < -0.3 is 5.32 Å². The lowest BCUT2D eigenvalue weighted by Gasteiger charge is -2.10. The van der Waals surface area contributed by atoms with E-state index in [1.54, 1.807) is 48.5 Å². The van der Waals surface area contributed by atoms with Crippen molar-refractivity contribution in [3.8, 4) is 0 Å². The molecule has 0 spiro atoms. The molecule has 0 bridgehead atoms. The molecule has 3 aromatic rings. The van der Waals surface area contributed by atoms with Crippen LogP contribution in [0, 0.1) is 0 Å². The number of rotatable bonds is 5. The Hall–Kier alpha value is -1.99. The first-order valence-corrected chi connectivity index (χ1v) is 8.96. The molecular formula is C15H13FN2O2S2. The topological polar surface area (TPSA) is 59.1 Å². The number of thiazole rings is 1. The van der Waals surface area contributed by atoms with Crippen LogP contribution in [-0.4, -0.2) is 25.5 Å². The molecule has 0 amide bonds. The maximum atomic E-state index is 14.2. The van der Waals surface area contributed by atoms with E-state index in [9.17, 15) is 12.8 Å². The molecule has 2 aromatic carbocycles. The zero-order chi connectivity index (χ0) is 15.6. The molecule has 114 valence electrons. The van der Waals surface area contributed by atoms with Crippen LogP contribution in [0.3, 0.4) is 0 Å². The van der Waals surface area contributed by atoms with Crippen molar-refractivity contribution in [2.75, 3.05) is 11.9 Å². The smallest absolute Gasteiger partial charge is 0.239 e. The van der Waals surface area contributed by atoms with Crippen molar-refractivity contribution in [2.24, 2.45) is 0 Å². The third-order valence-electron chi connectivity index (χ3n) is 3.09. The van der Waals surface area contributed by atoms with Crippen LogP contribution in [0.5, 0.6) is 0 Å². The summed E-state index contributed by atoms with van der Waals surface area (Å²) >= 11 is 0.987. The van der Waals surface area contributed by atoms with Crippen molar-refractivity contribution in [2.45, 2.75) is 9.84 Å². The monoisotopic (exact) mass is 336 g/mol. The van der Waals surface area contributed by atoms with Gasteiger partial charge in [0, 0.05) is 5.69 Å². The highest BCUT2D eigenvalue weighted by atomic mass is 32.2. The van der Waals surface area contributed by atoms with Gasteiger partial charge in [0.2, 0.25) is 19.7 Å². The number of sulfone groups is 1. The number of fused-ring (bicyclic) bond motifs is 1. The molecule has 22 heavy (non-hydrogen) atoms. The molecule has 3 rings (SSSR count). The van der Waals surface area contributed by atoms with E-state index in [0.717, 1.165) is 16.0 Å². The standard InChI is InChI=1S/C15H13FN2O2S2/c16-14(10-17-11-6-2-1-3-7-11)22(19,20)15-18-12-8-4-5-9-13(12)21-15/h1-9,14,17H,10H2. The second-order valence-corrected chi connectivity index (χ2v) is 7.93. The minimum absolute atomic E-state index is 0.184. The van der Waals surface area contributed by atoms with Gasteiger partial charge in [0.25, 0.3) is 0 Å². The van der Waals surface area contributed by atoms with E-state index in [0.29, 0.717) is 11.2 Å². The molecule has 0 radical (unpaired) electrons. The molecule has 1 atom stereocenters. The van der Waals surface area contributed by atoms with Gasteiger partial charge in [0.15, 0.2) is 0 Å². The summed E-state index contributed by atoms with van der Waals surface area (Å²) in [6.45, 7) is -0.317. The maximum Gasteiger partial charge on any atom is 0.239 e. The summed E-state index contributed by atoms with van der Waals surface area (Å²) in [4.78, 5) is 4.02. The van der Waals surface area contributed by atoms with Crippen LogP contribution in [0.15, 0.2) is 58.9 Å². The quantitative estimate of drug-likeness (QED) is 0.775. The number of benzene rings is 2. The Morgan fingerprint density at radius 3 is 2.50 bits per heavy atom. The van der Waals surface area contributed by atoms with Crippen molar-refractivity contribution >= 4 is 37.1 Å². The van der Waals surface area contributed by atoms with Crippen molar-refractivity contribution in [1.29, 1.82) is 0 Å². The second kappa shape index (κ2) is 6.02. The lowest BCUT2D eigenvalue weighted by atomic mass is 10.3. The van der Waals surface area contributed by atoms with Crippen LogP contribution in [0.25, 0.3) is 10.2 Å². The molecule has 0 aliphatic rings. The zero-order valence-electron chi connectivity index (χ0n) is 11.4. The summed E-state index contributed by atoms with van der Waals surface area (Å²) in [6.07, 6.45) is 0. The highest BCUT2D eigenvalue weighted by Gasteiger charge is 2.30. The Bertz CT molecular complexity index is 846. The SMILES string of the molecule is O=S(=O)(c1nc2ccccc2s1)C(F)CNc1ccccc1. The van der Waals surface area contributed by atoms with Gasteiger partial charge in [-0.05, 0) is 24.3 Å². The average Bonchev–Trinajstić information content (AvgIpc) is 2.98. The van der Waals surface area contributed by atoms with Crippen LogP contribution >= 0.6 is 11.3 Å². The summed E-state index contributed by atoms with van der Waals surface area (Å²) in [5.41, 5.74) is -0.813. The van der Waals surface area contributed by atoms with Crippen molar-refractivity contribution < 1.29 is 12.8 Å². The normalized spacial score (nSPS) is 13.1. The third-order valence-corrected chi connectivity index (χ3v) is 6.29. The van der Waals surface area contributed by atoms with E-state index in [2.05, 4.69) is 10.3 Å². The highest BCUT2D eigenvalue weighted by Crippen LogP contribution is 2.28. The number of hydrogen-bond donors (Lipinski definition) is 1. The van der Waals surface area contributed by atoms with Gasteiger partial charge in [0.1, 0.15) is 0 Å². The van der Waals surface area contributed by atoms with Gasteiger partial charge in [-0.1, -0.05) is 30.3 Å². The number of hydrogen-bond acceptors (Lipinski definition) is 5. The number of alkyl halides is 1. The summed E-state index contributed by atoms with van der Waals surface area (Å²) in [6, 6.07) is 15.9. The largest absolute Gasteiger partial charge is 0.381 e. The van der Waals surface area contributed by atoms with E-state index in [4.69, 9.17) is 0 Å². The van der Waals surface area contributed by atoms with E-state index < -0.39 is 15.3 Å². The number of anilines is 1. The lowest BCUT2D eigenvalue weighted by molar-refractivity contribution is 0.432. The van der Waals surface area contributed by atoms with Crippen molar-refractivity contribution in [3.05, 3.63) is 54.6 Å². The molecule has 4 nitrogen and oxygen atoms in total. The Morgan fingerprint density at radius 1 is 1.09 bits per heavy atom. The van der Waals surface area contributed by atoms with Crippen LogP contribution in [0.4, 0.5) is 10.1 Å². The molecule has 1 unspecified atom stereocenters. The fourth-order valence-electron chi connectivity index (χ4n) is 1.95. The highest BCUT2D eigenvalue weighted by molar-refractivity contribution is 7.93. The van der Waals surface area contributed by atoms with Crippen LogP contribution in [0.1, 0.15) is 0 Å². The lowest BCUT2D eigenvalue weighted by Crippen LogP contribution is -2.25. The molecule has 7 heteroatoms. The van der Waals surface area contributed by atoms with Gasteiger partial charge in [-0.2, -0.15) is 0 Å². The molecule has 0 aliphatic heterocycles. The Labute approximate surface area is 131 Å². The Balaban J connectivity index is 1.79.